The Morgan fingerprint density at radius 2 is 1.65 bits per heavy atom. The zero-order chi connectivity index (χ0) is 18.3. The molecular formula is C23H22N2O. The number of fused-ring (bicyclic) bond motifs is 1. The Labute approximate surface area is 153 Å². The summed E-state index contributed by atoms with van der Waals surface area (Å²) >= 11 is 0. The van der Waals surface area contributed by atoms with E-state index >= 15 is 0 Å². The Balaban J connectivity index is 1.89. The van der Waals surface area contributed by atoms with Gasteiger partial charge in [0.1, 0.15) is 12.1 Å². The van der Waals surface area contributed by atoms with Crippen LogP contribution in [0.4, 0.5) is 0 Å². The summed E-state index contributed by atoms with van der Waals surface area (Å²) in [6, 6.07) is 22.1. The molecule has 0 saturated carbocycles. The summed E-state index contributed by atoms with van der Waals surface area (Å²) in [5, 5.41) is 9.79. The highest BCUT2D eigenvalue weighted by Gasteiger charge is 2.16. The highest BCUT2D eigenvalue weighted by Crippen LogP contribution is 2.32. The lowest BCUT2D eigenvalue weighted by atomic mass is 9.85. The van der Waals surface area contributed by atoms with E-state index in [2.05, 4.69) is 68.2 Å². The number of para-hydroxylation sites is 1. The van der Waals surface area contributed by atoms with E-state index in [1.54, 1.807) is 12.1 Å². The topological polar surface area (TPSA) is 38.0 Å². The molecule has 1 aromatic heterocycles. The van der Waals surface area contributed by atoms with Crippen LogP contribution in [0, 0.1) is 0 Å². The van der Waals surface area contributed by atoms with Crippen molar-refractivity contribution in [1.82, 2.24) is 9.55 Å². The molecule has 1 heterocycles. The zero-order valence-corrected chi connectivity index (χ0v) is 15.3. The summed E-state index contributed by atoms with van der Waals surface area (Å²) in [6.45, 7) is 6.68. The SMILES string of the molecule is CC(C)(C)c1cccc(-c2cccc3c2ncn3-c2cccc(O)c2)c1. The minimum absolute atomic E-state index is 0.102. The molecule has 4 rings (SSSR count). The van der Waals surface area contributed by atoms with Crippen LogP contribution in [0.5, 0.6) is 5.75 Å². The summed E-state index contributed by atoms with van der Waals surface area (Å²) < 4.78 is 2.01. The zero-order valence-electron chi connectivity index (χ0n) is 15.3. The van der Waals surface area contributed by atoms with Crippen molar-refractivity contribution in [3.8, 4) is 22.6 Å². The smallest absolute Gasteiger partial charge is 0.117 e. The summed E-state index contributed by atoms with van der Waals surface area (Å²) in [5.74, 6) is 0.249. The molecule has 3 aromatic carbocycles. The highest BCUT2D eigenvalue weighted by molar-refractivity contribution is 5.93. The van der Waals surface area contributed by atoms with Crippen LogP contribution in [0.1, 0.15) is 26.3 Å². The summed E-state index contributed by atoms with van der Waals surface area (Å²) in [7, 11) is 0. The van der Waals surface area contributed by atoms with Crippen LogP contribution in [-0.4, -0.2) is 14.7 Å². The van der Waals surface area contributed by atoms with Gasteiger partial charge in [0.25, 0.3) is 0 Å². The third-order valence-electron chi connectivity index (χ3n) is 4.72. The van der Waals surface area contributed by atoms with Crippen LogP contribution in [0.15, 0.2) is 73.1 Å². The van der Waals surface area contributed by atoms with Crippen LogP contribution in [0.25, 0.3) is 27.8 Å². The largest absolute Gasteiger partial charge is 0.508 e. The molecule has 0 atom stereocenters. The first-order chi connectivity index (χ1) is 12.4. The van der Waals surface area contributed by atoms with Crippen LogP contribution in [0.2, 0.25) is 0 Å². The van der Waals surface area contributed by atoms with Gasteiger partial charge in [0.15, 0.2) is 0 Å². The molecular weight excluding hydrogens is 320 g/mol. The van der Waals surface area contributed by atoms with Gasteiger partial charge in [-0.3, -0.25) is 4.57 Å². The average Bonchev–Trinajstić information content (AvgIpc) is 3.05. The number of imidazole rings is 1. The van der Waals surface area contributed by atoms with Gasteiger partial charge in [-0.15, -0.1) is 0 Å². The van der Waals surface area contributed by atoms with Crippen LogP contribution in [-0.2, 0) is 5.41 Å². The molecule has 1 N–H and O–H groups in total. The number of aromatic hydroxyl groups is 1. The van der Waals surface area contributed by atoms with Crippen molar-refractivity contribution in [2.45, 2.75) is 26.2 Å². The molecule has 0 saturated heterocycles. The Morgan fingerprint density at radius 1 is 0.885 bits per heavy atom. The first-order valence-corrected chi connectivity index (χ1v) is 8.80. The second-order valence-corrected chi connectivity index (χ2v) is 7.64. The van der Waals surface area contributed by atoms with E-state index in [9.17, 15) is 5.11 Å². The summed E-state index contributed by atoms with van der Waals surface area (Å²) in [5.41, 5.74) is 6.57. The van der Waals surface area contributed by atoms with E-state index in [0.29, 0.717) is 0 Å². The molecule has 0 radical (unpaired) electrons. The average molecular weight is 342 g/mol. The second kappa shape index (κ2) is 6.03. The molecule has 3 heteroatoms. The van der Waals surface area contributed by atoms with E-state index in [0.717, 1.165) is 22.3 Å². The molecule has 0 aliphatic rings. The lowest BCUT2D eigenvalue weighted by Crippen LogP contribution is -2.10. The minimum atomic E-state index is 0.102. The second-order valence-electron chi connectivity index (χ2n) is 7.64. The van der Waals surface area contributed by atoms with E-state index in [1.165, 1.54) is 11.1 Å². The van der Waals surface area contributed by atoms with Gasteiger partial charge >= 0.3 is 0 Å². The van der Waals surface area contributed by atoms with Crippen molar-refractivity contribution in [2.75, 3.05) is 0 Å². The molecule has 0 fully saturated rings. The van der Waals surface area contributed by atoms with Gasteiger partial charge in [-0.1, -0.05) is 63.2 Å². The van der Waals surface area contributed by atoms with Gasteiger partial charge in [-0.05, 0) is 34.7 Å². The fraction of sp³-hybridized carbons (Fsp3) is 0.174. The fourth-order valence-electron chi connectivity index (χ4n) is 3.27. The molecule has 0 aliphatic heterocycles. The molecule has 26 heavy (non-hydrogen) atoms. The van der Waals surface area contributed by atoms with Crippen LogP contribution < -0.4 is 0 Å². The van der Waals surface area contributed by atoms with E-state index in [-0.39, 0.29) is 11.2 Å². The Bertz CT molecular complexity index is 1090. The number of aromatic nitrogens is 2. The van der Waals surface area contributed by atoms with Crippen LogP contribution in [0.3, 0.4) is 0 Å². The van der Waals surface area contributed by atoms with Crippen molar-refractivity contribution < 1.29 is 5.11 Å². The van der Waals surface area contributed by atoms with Crippen molar-refractivity contribution in [2.24, 2.45) is 0 Å². The van der Waals surface area contributed by atoms with Gasteiger partial charge in [-0.2, -0.15) is 0 Å². The standard InChI is InChI=1S/C23H22N2O/c1-23(2,3)17-8-4-7-16(13-17)20-11-6-12-21-22(20)24-15-25(21)18-9-5-10-19(26)14-18/h4-15,26H,1-3H3. The highest BCUT2D eigenvalue weighted by atomic mass is 16.3. The van der Waals surface area contributed by atoms with E-state index in [1.807, 2.05) is 23.0 Å². The molecule has 0 spiro atoms. The van der Waals surface area contributed by atoms with E-state index < -0.39 is 0 Å². The van der Waals surface area contributed by atoms with Gasteiger partial charge in [0.2, 0.25) is 0 Å². The Morgan fingerprint density at radius 3 is 2.42 bits per heavy atom. The van der Waals surface area contributed by atoms with E-state index in [4.69, 9.17) is 0 Å². The third-order valence-corrected chi connectivity index (χ3v) is 4.72. The quantitative estimate of drug-likeness (QED) is 0.508. The molecule has 130 valence electrons. The maximum Gasteiger partial charge on any atom is 0.117 e. The third kappa shape index (κ3) is 2.86. The van der Waals surface area contributed by atoms with Crippen LogP contribution >= 0.6 is 0 Å². The lowest BCUT2D eigenvalue weighted by molar-refractivity contribution is 0.475. The van der Waals surface area contributed by atoms with Gasteiger partial charge < -0.3 is 5.11 Å². The first kappa shape index (κ1) is 16.4. The maximum atomic E-state index is 9.79. The molecule has 4 aromatic rings. The Hall–Kier alpha value is -3.07. The fourth-order valence-corrected chi connectivity index (χ4v) is 3.27. The molecule has 0 amide bonds. The molecule has 0 unspecified atom stereocenters. The van der Waals surface area contributed by atoms with Gasteiger partial charge in [-0.25, -0.2) is 4.98 Å². The molecule has 0 bridgehead atoms. The molecule has 0 aliphatic carbocycles. The number of rotatable bonds is 2. The number of benzene rings is 3. The summed E-state index contributed by atoms with van der Waals surface area (Å²) in [4.78, 5) is 4.67. The minimum Gasteiger partial charge on any atom is -0.508 e. The van der Waals surface area contributed by atoms with Gasteiger partial charge in [0, 0.05) is 11.6 Å². The number of phenols is 1. The number of hydrogen-bond donors (Lipinski definition) is 1. The first-order valence-electron chi connectivity index (χ1n) is 8.80. The maximum absolute atomic E-state index is 9.79. The van der Waals surface area contributed by atoms with Crippen molar-refractivity contribution in [3.05, 3.63) is 78.6 Å². The van der Waals surface area contributed by atoms with Crippen molar-refractivity contribution in [1.29, 1.82) is 0 Å². The monoisotopic (exact) mass is 342 g/mol. The number of hydrogen-bond acceptors (Lipinski definition) is 2. The number of phenolic OH excluding ortho intramolecular Hbond substituents is 1. The normalized spacial score (nSPS) is 11.8. The predicted octanol–water partition coefficient (Wildman–Crippen LogP) is 5.70. The van der Waals surface area contributed by atoms with Gasteiger partial charge in [0.05, 0.1) is 16.7 Å². The number of nitrogens with zero attached hydrogens (tertiary/aromatic N) is 2. The summed E-state index contributed by atoms with van der Waals surface area (Å²) in [6.07, 6.45) is 1.82. The molecule has 3 nitrogen and oxygen atoms in total. The Kier molecular flexibility index (Phi) is 3.80. The van der Waals surface area contributed by atoms with Crippen molar-refractivity contribution >= 4 is 11.0 Å². The van der Waals surface area contributed by atoms with Crippen molar-refractivity contribution in [3.63, 3.8) is 0 Å². The predicted molar refractivity (Wildman–Crippen MR) is 107 cm³/mol. The lowest BCUT2D eigenvalue weighted by Gasteiger charge is -2.20.